The van der Waals surface area contributed by atoms with Crippen molar-refractivity contribution in [3.05, 3.63) is 33.8 Å². The summed E-state index contributed by atoms with van der Waals surface area (Å²) in [6.45, 7) is 4.97. The molecule has 0 aliphatic rings. The highest BCUT2D eigenvalue weighted by Crippen LogP contribution is 2.17. The number of halogens is 1. The molecule has 4 nitrogen and oxygen atoms in total. The predicted octanol–water partition coefficient (Wildman–Crippen LogP) is 2.07. The molecule has 0 aromatic heterocycles. The number of carbonyl (C=O) groups is 1. The van der Waals surface area contributed by atoms with Crippen molar-refractivity contribution in [2.24, 2.45) is 0 Å². The van der Waals surface area contributed by atoms with Crippen molar-refractivity contribution >= 4 is 21.8 Å². The van der Waals surface area contributed by atoms with Gasteiger partial charge in [-0.2, -0.15) is 0 Å². The standard InChI is InChI=1S/C14H21BrN2O2/c1-11-4-5-13(15)12(10-11)14(18)16-6-7-17(2)8-9-19-3/h4-5,10H,6-9H2,1-3H3,(H,16,18). The van der Waals surface area contributed by atoms with E-state index in [9.17, 15) is 4.79 Å². The largest absolute Gasteiger partial charge is 0.383 e. The van der Waals surface area contributed by atoms with E-state index in [1.807, 2.05) is 32.2 Å². The van der Waals surface area contributed by atoms with Crippen molar-refractivity contribution in [1.82, 2.24) is 10.2 Å². The zero-order chi connectivity index (χ0) is 14.3. The van der Waals surface area contributed by atoms with Crippen molar-refractivity contribution < 1.29 is 9.53 Å². The lowest BCUT2D eigenvalue weighted by Gasteiger charge is -2.16. The van der Waals surface area contributed by atoms with Crippen molar-refractivity contribution in [3.63, 3.8) is 0 Å². The Hall–Kier alpha value is -0.910. The molecular formula is C14H21BrN2O2. The van der Waals surface area contributed by atoms with Gasteiger partial charge < -0.3 is 15.0 Å². The maximum Gasteiger partial charge on any atom is 0.252 e. The Morgan fingerprint density at radius 2 is 2.16 bits per heavy atom. The Balaban J connectivity index is 2.41. The minimum Gasteiger partial charge on any atom is -0.383 e. The van der Waals surface area contributed by atoms with Gasteiger partial charge in [0.2, 0.25) is 0 Å². The lowest BCUT2D eigenvalue weighted by atomic mass is 10.1. The first kappa shape index (κ1) is 16.1. The fourth-order valence-electron chi connectivity index (χ4n) is 1.63. The maximum atomic E-state index is 12.0. The lowest BCUT2D eigenvalue weighted by molar-refractivity contribution is 0.0946. The molecule has 0 radical (unpaired) electrons. The van der Waals surface area contributed by atoms with Crippen molar-refractivity contribution in [2.75, 3.05) is 40.4 Å². The Labute approximate surface area is 123 Å². The van der Waals surface area contributed by atoms with Crippen LogP contribution in [0, 0.1) is 6.92 Å². The number of aryl methyl sites for hydroxylation is 1. The second-order valence-corrected chi connectivity index (χ2v) is 5.39. The second-order valence-electron chi connectivity index (χ2n) is 4.54. The number of methoxy groups -OCH3 is 1. The van der Waals surface area contributed by atoms with Crippen LogP contribution >= 0.6 is 15.9 Å². The minimum absolute atomic E-state index is 0.0456. The molecule has 0 aliphatic heterocycles. The van der Waals surface area contributed by atoms with Crippen molar-refractivity contribution in [3.8, 4) is 0 Å². The molecule has 1 rings (SSSR count). The van der Waals surface area contributed by atoms with E-state index in [1.165, 1.54) is 0 Å². The summed E-state index contributed by atoms with van der Waals surface area (Å²) in [6.07, 6.45) is 0. The Morgan fingerprint density at radius 1 is 1.42 bits per heavy atom. The fourth-order valence-corrected chi connectivity index (χ4v) is 2.05. The number of rotatable bonds is 7. The number of hydrogen-bond acceptors (Lipinski definition) is 3. The van der Waals surface area contributed by atoms with Crippen LogP contribution in [-0.2, 0) is 4.74 Å². The van der Waals surface area contributed by atoms with Crippen LogP contribution < -0.4 is 5.32 Å². The van der Waals surface area contributed by atoms with Crippen LogP contribution in [0.4, 0.5) is 0 Å². The van der Waals surface area contributed by atoms with Gasteiger partial charge in [0.25, 0.3) is 5.91 Å². The molecule has 1 aromatic carbocycles. The van der Waals surface area contributed by atoms with Crippen LogP contribution in [0.15, 0.2) is 22.7 Å². The van der Waals surface area contributed by atoms with Gasteiger partial charge in [-0.05, 0) is 42.0 Å². The summed E-state index contributed by atoms with van der Waals surface area (Å²) in [5, 5.41) is 2.92. The molecule has 5 heteroatoms. The molecule has 1 aromatic rings. The lowest BCUT2D eigenvalue weighted by Crippen LogP contribution is -2.34. The summed E-state index contributed by atoms with van der Waals surface area (Å²) in [7, 11) is 3.69. The molecule has 106 valence electrons. The van der Waals surface area contributed by atoms with Gasteiger partial charge in [-0.25, -0.2) is 0 Å². The van der Waals surface area contributed by atoms with Gasteiger partial charge in [-0.3, -0.25) is 4.79 Å². The Morgan fingerprint density at radius 3 is 2.84 bits per heavy atom. The predicted molar refractivity (Wildman–Crippen MR) is 80.6 cm³/mol. The molecule has 0 spiro atoms. The SMILES string of the molecule is COCCN(C)CCNC(=O)c1cc(C)ccc1Br. The number of benzene rings is 1. The Bertz CT molecular complexity index is 424. The third kappa shape index (κ3) is 5.72. The van der Waals surface area contributed by atoms with Gasteiger partial charge in [0, 0.05) is 31.2 Å². The monoisotopic (exact) mass is 328 g/mol. The summed E-state index contributed by atoms with van der Waals surface area (Å²) in [6, 6.07) is 5.75. The van der Waals surface area contributed by atoms with Crippen LogP contribution in [0.1, 0.15) is 15.9 Å². The van der Waals surface area contributed by atoms with Crippen LogP contribution in [0.25, 0.3) is 0 Å². The maximum absolute atomic E-state index is 12.0. The van der Waals surface area contributed by atoms with E-state index >= 15 is 0 Å². The van der Waals surface area contributed by atoms with Gasteiger partial charge in [0.1, 0.15) is 0 Å². The molecule has 0 saturated heterocycles. The molecule has 0 bridgehead atoms. The highest BCUT2D eigenvalue weighted by molar-refractivity contribution is 9.10. The molecule has 0 saturated carbocycles. The number of amides is 1. The molecule has 0 atom stereocenters. The highest BCUT2D eigenvalue weighted by atomic mass is 79.9. The van der Waals surface area contributed by atoms with E-state index in [2.05, 4.69) is 26.1 Å². The van der Waals surface area contributed by atoms with E-state index in [-0.39, 0.29) is 5.91 Å². The third-order valence-corrected chi connectivity index (χ3v) is 3.51. The van der Waals surface area contributed by atoms with Gasteiger partial charge >= 0.3 is 0 Å². The second kappa shape index (κ2) is 8.30. The molecule has 0 heterocycles. The average molecular weight is 329 g/mol. The number of nitrogens with one attached hydrogen (secondary N) is 1. The molecule has 0 fully saturated rings. The number of ether oxygens (including phenoxy) is 1. The molecule has 0 aliphatic carbocycles. The number of hydrogen-bond donors (Lipinski definition) is 1. The zero-order valence-electron chi connectivity index (χ0n) is 11.7. The molecule has 0 unspecified atom stereocenters. The van der Waals surface area contributed by atoms with Gasteiger partial charge in [0.05, 0.1) is 12.2 Å². The highest BCUT2D eigenvalue weighted by Gasteiger charge is 2.09. The number of likely N-dealkylation sites (N-methyl/N-ethyl adjacent to an activating group) is 1. The first-order valence-corrected chi connectivity index (χ1v) is 7.05. The summed E-state index contributed by atoms with van der Waals surface area (Å²) in [4.78, 5) is 14.1. The van der Waals surface area contributed by atoms with E-state index in [0.29, 0.717) is 18.7 Å². The summed E-state index contributed by atoms with van der Waals surface area (Å²) in [5.41, 5.74) is 1.75. The molecule has 1 N–H and O–H groups in total. The molecule has 19 heavy (non-hydrogen) atoms. The fraction of sp³-hybridized carbons (Fsp3) is 0.500. The topological polar surface area (TPSA) is 41.6 Å². The zero-order valence-corrected chi connectivity index (χ0v) is 13.3. The van der Waals surface area contributed by atoms with Gasteiger partial charge in [-0.1, -0.05) is 11.6 Å². The van der Waals surface area contributed by atoms with E-state index in [1.54, 1.807) is 7.11 Å². The minimum atomic E-state index is -0.0456. The van der Waals surface area contributed by atoms with Crippen LogP contribution in [0.2, 0.25) is 0 Å². The number of carbonyl (C=O) groups excluding carboxylic acids is 1. The Kier molecular flexibility index (Phi) is 7.05. The van der Waals surface area contributed by atoms with Crippen molar-refractivity contribution in [1.29, 1.82) is 0 Å². The van der Waals surface area contributed by atoms with E-state index in [4.69, 9.17) is 4.74 Å². The molecular weight excluding hydrogens is 308 g/mol. The normalized spacial score (nSPS) is 10.8. The van der Waals surface area contributed by atoms with Gasteiger partial charge in [-0.15, -0.1) is 0 Å². The summed E-state index contributed by atoms with van der Waals surface area (Å²) >= 11 is 3.40. The van der Waals surface area contributed by atoms with Crippen LogP contribution in [0.3, 0.4) is 0 Å². The van der Waals surface area contributed by atoms with E-state index in [0.717, 1.165) is 23.1 Å². The third-order valence-electron chi connectivity index (χ3n) is 2.82. The van der Waals surface area contributed by atoms with E-state index < -0.39 is 0 Å². The molecule has 1 amide bonds. The van der Waals surface area contributed by atoms with Crippen LogP contribution in [-0.4, -0.2) is 51.2 Å². The first-order valence-electron chi connectivity index (χ1n) is 6.26. The number of nitrogens with zero attached hydrogens (tertiary/aromatic N) is 1. The smallest absolute Gasteiger partial charge is 0.252 e. The summed E-state index contributed by atoms with van der Waals surface area (Å²) in [5.74, 6) is -0.0456. The van der Waals surface area contributed by atoms with Gasteiger partial charge in [0.15, 0.2) is 0 Å². The van der Waals surface area contributed by atoms with Crippen LogP contribution in [0.5, 0.6) is 0 Å². The average Bonchev–Trinajstić information content (AvgIpc) is 2.39. The first-order chi connectivity index (χ1) is 9.04. The quantitative estimate of drug-likeness (QED) is 0.833. The van der Waals surface area contributed by atoms with Crippen molar-refractivity contribution in [2.45, 2.75) is 6.92 Å². The summed E-state index contributed by atoms with van der Waals surface area (Å²) < 4.78 is 5.83.